The number of likely N-dealkylation sites (N-methyl/N-ethyl adjacent to an activating group) is 1. The van der Waals surface area contributed by atoms with Gasteiger partial charge in [-0.15, -0.1) is 0 Å². The van der Waals surface area contributed by atoms with E-state index in [4.69, 9.17) is 4.18 Å². The maximum absolute atomic E-state index is 11.3. The predicted molar refractivity (Wildman–Crippen MR) is 91.0 cm³/mol. The highest BCUT2D eigenvalue weighted by molar-refractivity contribution is 7.85. The molecule has 23 heavy (non-hydrogen) atoms. The number of rotatable bonds is 3. The highest BCUT2D eigenvalue weighted by Crippen LogP contribution is 2.48. The molecule has 0 spiro atoms. The van der Waals surface area contributed by atoms with Crippen molar-refractivity contribution in [2.45, 2.75) is 18.4 Å². The van der Waals surface area contributed by atoms with Gasteiger partial charge in [0.15, 0.2) is 0 Å². The van der Waals surface area contributed by atoms with Gasteiger partial charge in [0.25, 0.3) is 10.1 Å². The molecule has 2 heterocycles. The van der Waals surface area contributed by atoms with Crippen LogP contribution in [0.5, 0.6) is 0 Å². The average molecular weight is 334 g/mol. The number of benzene rings is 1. The Labute approximate surface area is 137 Å². The first kappa shape index (κ1) is 15.2. The van der Waals surface area contributed by atoms with Crippen molar-refractivity contribution in [3.63, 3.8) is 0 Å². The van der Waals surface area contributed by atoms with Crippen LogP contribution in [0, 0.1) is 5.92 Å². The minimum absolute atomic E-state index is 0.0998. The van der Waals surface area contributed by atoms with Crippen LogP contribution in [-0.2, 0) is 14.3 Å². The summed E-state index contributed by atoms with van der Waals surface area (Å²) in [5.41, 5.74) is 5.35. The SMILES string of the molecule is CN1C[C@H](COS(C)(=O)=O)C=C2c3cccc4c3C(CN4)C[C@H]21. The number of anilines is 1. The number of nitrogens with one attached hydrogen (secondary N) is 1. The summed E-state index contributed by atoms with van der Waals surface area (Å²) in [5, 5.41) is 3.51. The van der Waals surface area contributed by atoms with Crippen LogP contribution < -0.4 is 5.32 Å². The fourth-order valence-electron chi connectivity index (χ4n) is 4.26. The first-order valence-corrected chi connectivity index (χ1v) is 9.87. The Morgan fingerprint density at radius 3 is 3.00 bits per heavy atom. The van der Waals surface area contributed by atoms with E-state index in [2.05, 4.69) is 41.5 Å². The van der Waals surface area contributed by atoms with Gasteiger partial charge in [-0.3, -0.25) is 9.08 Å². The Morgan fingerprint density at radius 1 is 1.39 bits per heavy atom. The second kappa shape index (κ2) is 5.33. The first-order chi connectivity index (χ1) is 10.9. The van der Waals surface area contributed by atoms with Crippen LogP contribution in [0.1, 0.15) is 23.5 Å². The maximum atomic E-state index is 11.3. The molecule has 0 aromatic heterocycles. The van der Waals surface area contributed by atoms with Crippen molar-refractivity contribution < 1.29 is 12.6 Å². The molecule has 1 aliphatic carbocycles. The van der Waals surface area contributed by atoms with E-state index in [0.717, 1.165) is 25.8 Å². The zero-order valence-corrected chi connectivity index (χ0v) is 14.3. The molecule has 0 radical (unpaired) electrons. The molecular formula is C17H22N2O3S. The molecule has 1 aromatic rings. The Balaban J connectivity index is 1.70. The molecule has 0 amide bonds. The van der Waals surface area contributed by atoms with Crippen molar-refractivity contribution in [1.29, 1.82) is 0 Å². The third-order valence-electron chi connectivity index (χ3n) is 5.20. The Morgan fingerprint density at radius 2 is 2.22 bits per heavy atom. The minimum atomic E-state index is -3.39. The Bertz CT molecular complexity index is 772. The zero-order chi connectivity index (χ0) is 16.2. The van der Waals surface area contributed by atoms with Crippen LogP contribution in [0.15, 0.2) is 24.3 Å². The number of nitrogens with zero attached hydrogens (tertiary/aromatic N) is 1. The van der Waals surface area contributed by atoms with Crippen molar-refractivity contribution in [1.82, 2.24) is 4.90 Å². The number of hydrogen-bond acceptors (Lipinski definition) is 5. The van der Waals surface area contributed by atoms with Gasteiger partial charge in [-0.05, 0) is 36.2 Å². The highest BCUT2D eigenvalue weighted by Gasteiger charge is 2.39. The molecular weight excluding hydrogens is 312 g/mol. The smallest absolute Gasteiger partial charge is 0.264 e. The molecule has 3 atom stereocenters. The third kappa shape index (κ3) is 2.69. The molecule has 6 heteroatoms. The molecule has 0 saturated carbocycles. The molecule has 2 aliphatic heterocycles. The van der Waals surface area contributed by atoms with E-state index in [0.29, 0.717) is 12.0 Å². The van der Waals surface area contributed by atoms with Crippen molar-refractivity contribution in [3.05, 3.63) is 35.4 Å². The molecule has 4 rings (SSSR count). The summed E-state index contributed by atoms with van der Waals surface area (Å²) in [6.07, 6.45) is 4.47. The van der Waals surface area contributed by atoms with Crippen LogP contribution in [0.3, 0.4) is 0 Å². The molecule has 1 N–H and O–H groups in total. The van der Waals surface area contributed by atoms with E-state index in [1.165, 1.54) is 22.4 Å². The summed E-state index contributed by atoms with van der Waals surface area (Å²) in [4.78, 5) is 2.35. The van der Waals surface area contributed by atoms with Crippen LogP contribution in [0.25, 0.3) is 5.57 Å². The molecule has 5 nitrogen and oxygen atoms in total. The topological polar surface area (TPSA) is 58.6 Å². The van der Waals surface area contributed by atoms with Gasteiger partial charge in [-0.1, -0.05) is 18.2 Å². The van der Waals surface area contributed by atoms with Gasteiger partial charge in [0, 0.05) is 36.7 Å². The predicted octanol–water partition coefficient (Wildman–Crippen LogP) is 1.89. The molecule has 124 valence electrons. The summed E-state index contributed by atoms with van der Waals surface area (Å²) >= 11 is 0. The maximum Gasteiger partial charge on any atom is 0.264 e. The molecule has 3 aliphatic rings. The lowest BCUT2D eigenvalue weighted by Gasteiger charge is -2.42. The van der Waals surface area contributed by atoms with Crippen molar-refractivity contribution in [2.24, 2.45) is 5.92 Å². The summed E-state index contributed by atoms with van der Waals surface area (Å²) in [6, 6.07) is 6.86. The Hall–Kier alpha value is -1.37. The van der Waals surface area contributed by atoms with Gasteiger partial charge in [0.2, 0.25) is 0 Å². The lowest BCUT2D eigenvalue weighted by Crippen LogP contribution is -2.43. The zero-order valence-electron chi connectivity index (χ0n) is 13.5. The summed E-state index contributed by atoms with van der Waals surface area (Å²) in [6.45, 7) is 2.07. The van der Waals surface area contributed by atoms with E-state index < -0.39 is 10.1 Å². The third-order valence-corrected chi connectivity index (χ3v) is 5.76. The van der Waals surface area contributed by atoms with Crippen LogP contribution in [0.2, 0.25) is 0 Å². The molecule has 0 saturated heterocycles. The van der Waals surface area contributed by atoms with Gasteiger partial charge >= 0.3 is 0 Å². The van der Waals surface area contributed by atoms with Crippen molar-refractivity contribution in [3.8, 4) is 0 Å². The molecule has 0 fully saturated rings. The monoisotopic (exact) mass is 334 g/mol. The lowest BCUT2D eigenvalue weighted by molar-refractivity contribution is 0.187. The second-order valence-electron chi connectivity index (χ2n) is 6.91. The van der Waals surface area contributed by atoms with Gasteiger partial charge in [0.1, 0.15) is 0 Å². The van der Waals surface area contributed by atoms with Crippen LogP contribution in [0.4, 0.5) is 5.69 Å². The van der Waals surface area contributed by atoms with E-state index in [1.807, 2.05) is 0 Å². The van der Waals surface area contributed by atoms with Crippen LogP contribution in [-0.4, -0.2) is 52.4 Å². The number of hydrogen-bond donors (Lipinski definition) is 1. The van der Waals surface area contributed by atoms with E-state index >= 15 is 0 Å². The number of fused-ring (bicyclic) bond motifs is 2. The second-order valence-corrected chi connectivity index (χ2v) is 8.55. The standard InChI is InChI=1S/C17H22N2O3S/c1-19-9-11(10-22-23(2,20)21)6-14-13-4-3-5-15-17(13)12(8-18-15)7-16(14)19/h3-6,11-12,16,18H,7-10H2,1-2H3/t11-,12?,16-/m1/s1. The Kier molecular flexibility index (Phi) is 3.51. The first-order valence-electron chi connectivity index (χ1n) is 8.06. The fourth-order valence-corrected chi connectivity index (χ4v) is 4.68. The average Bonchev–Trinajstić information content (AvgIpc) is 2.90. The molecule has 0 bridgehead atoms. The molecule has 1 unspecified atom stereocenters. The summed E-state index contributed by atoms with van der Waals surface area (Å²) in [7, 11) is -1.27. The van der Waals surface area contributed by atoms with Gasteiger partial charge in [0.05, 0.1) is 12.9 Å². The van der Waals surface area contributed by atoms with Gasteiger partial charge < -0.3 is 5.32 Å². The van der Waals surface area contributed by atoms with Crippen LogP contribution >= 0.6 is 0 Å². The quantitative estimate of drug-likeness (QED) is 0.856. The van der Waals surface area contributed by atoms with Gasteiger partial charge in [-0.25, -0.2) is 0 Å². The summed E-state index contributed by atoms with van der Waals surface area (Å²) in [5.74, 6) is 0.678. The minimum Gasteiger partial charge on any atom is -0.384 e. The van der Waals surface area contributed by atoms with Crippen molar-refractivity contribution >= 4 is 21.4 Å². The van der Waals surface area contributed by atoms with E-state index in [-0.39, 0.29) is 12.5 Å². The normalized spacial score (nSPS) is 29.5. The van der Waals surface area contributed by atoms with Crippen molar-refractivity contribution in [2.75, 3.05) is 38.3 Å². The highest BCUT2D eigenvalue weighted by atomic mass is 32.2. The summed E-state index contributed by atoms with van der Waals surface area (Å²) < 4.78 is 27.6. The van der Waals surface area contributed by atoms with E-state index in [9.17, 15) is 8.42 Å². The van der Waals surface area contributed by atoms with E-state index in [1.54, 1.807) is 0 Å². The van der Waals surface area contributed by atoms with Gasteiger partial charge in [-0.2, -0.15) is 8.42 Å². The largest absolute Gasteiger partial charge is 0.384 e. The fraction of sp³-hybridized carbons (Fsp3) is 0.529. The molecule has 1 aromatic carbocycles. The lowest BCUT2D eigenvalue weighted by atomic mass is 9.75.